The highest BCUT2D eigenvalue weighted by atomic mass is 32.1. The van der Waals surface area contributed by atoms with Gasteiger partial charge in [0.15, 0.2) is 0 Å². The molecule has 3 aromatic rings. The number of benzene rings is 1. The van der Waals surface area contributed by atoms with Gasteiger partial charge < -0.3 is 20.1 Å². The summed E-state index contributed by atoms with van der Waals surface area (Å²) < 4.78 is 12.6. The van der Waals surface area contributed by atoms with Crippen LogP contribution in [0.2, 0.25) is 0 Å². The van der Waals surface area contributed by atoms with Crippen molar-refractivity contribution in [2.24, 2.45) is 7.05 Å². The van der Waals surface area contributed by atoms with Gasteiger partial charge in [-0.2, -0.15) is 10.4 Å². The Hall–Kier alpha value is -3.84. The van der Waals surface area contributed by atoms with Gasteiger partial charge in [-0.3, -0.25) is 9.48 Å². The van der Waals surface area contributed by atoms with Gasteiger partial charge in [-0.15, -0.1) is 11.3 Å². The largest absolute Gasteiger partial charge is 0.497 e. The number of hydrogen-bond acceptors (Lipinski definition) is 7. The van der Waals surface area contributed by atoms with Crippen LogP contribution in [0.3, 0.4) is 0 Å². The Morgan fingerprint density at radius 3 is 2.89 bits per heavy atom. The molecule has 37 heavy (non-hydrogen) atoms. The van der Waals surface area contributed by atoms with Crippen LogP contribution >= 0.6 is 11.3 Å². The van der Waals surface area contributed by atoms with Gasteiger partial charge in [0.2, 0.25) is 5.91 Å². The number of rotatable bonds is 8. The third-order valence-electron chi connectivity index (χ3n) is 6.55. The van der Waals surface area contributed by atoms with Crippen molar-refractivity contribution in [3.05, 3.63) is 63.3 Å². The van der Waals surface area contributed by atoms with E-state index < -0.39 is 6.09 Å². The number of alkyl carbamates (subject to hydrolysis) is 1. The highest BCUT2D eigenvalue weighted by Crippen LogP contribution is 2.38. The summed E-state index contributed by atoms with van der Waals surface area (Å²) in [4.78, 5) is 26.2. The maximum Gasteiger partial charge on any atom is 0.407 e. The Kier molecular flexibility index (Phi) is 8.14. The first kappa shape index (κ1) is 26.2. The molecule has 2 aromatic heterocycles. The van der Waals surface area contributed by atoms with Crippen LogP contribution in [0.4, 0.5) is 9.80 Å². The van der Waals surface area contributed by atoms with E-state index in [4.69, 9.17) is 9.47 Å². The molecule has 2 unspecified atom stereocenters. The zero-order valence-electron chi connectivity index (χ0n) is 21.5. The molecular formula is C27H31N5O4S. The van der Waals surface area contributed by atoms with Crippen LogP contribution in [0.25, 0.3) is 0 Å². The van der Waals surface area contributed by atoms with Crippen LogP contribution in [0.5, 0.6) is 5.75 Å². The number of nitrogens with one attached hydrogen (secondary N) is 2. The predicted octanol–water partition coefficient (Wildman–Crippen LogP) is 4.59. The topological polar surface area (TPSA) is 118 Å². The van der Waals surface area contributed by atoms with Gasteiger partial charge in [0, 0.05) is 43.1 Å². The second-order valence-corrected chi connectivity index (χ2v) is 10.4. The molecule has 4 rings (SSSR count). The standard InChI is InChI=1S/C27H31N5O4S/c1-16(18-6-5-7-20(11-18)35-4)10-25(33)30-26-23(13-28)22-9-8-21(12-24(22)37-26)36-27(34)29-14-19-15-32(3)31-17(19)2/h5-7,11,15-16,21H,8-10,12,14H2,1-4H3,(H,29,34)(H,30,33). The van der Waals surface area contributed by atoms with Crippen LogP contribution in [0.1, 0.15) is 58.5 Å². The fraction of sp³-hybridized carbons (Fsp3) is 0.407. The summed E-state index contributed by atoms with van der Waals surface area (Å²) >= 11 is 1.39. The monoisotopic (exact) mass is 521 g/mol. The lowest BCUT2D eigenvalue weighted by molar-refractivity contribution is -0.116. The summed E-state index contributed by atoms with van der Waals surface area (Å²) in [5, 5.41) is 20.4. The number of aromatic nitrogens is 2. The van der Waals surface area contributed by atoms with Gasteiger partial charge in [0.25, 0.3) is 0 Å². The Morgan fingerprint density at radius 1 is 1.38 bits per heavy atom. The second-order valence-electron chi connectivity index (χ2n) is 9.29. The minimum absolute atomic E-state index is 0.0121. The van der Waals surface area contributed by atoms with E-state index in [1.54, 1.807) is 11.8 Å². The summed E-state index contributed by atoms with van der Waals surface area (Å²) in [7, 11) is 3.45. The van der Waals surface area contributed by atoms with Crippen molar-refractivity contribution in [1.29, 1.82) is 5.26 Å². The van der Waals surface area contributed by atoms with E-state index in [1.165, 1.54) is 11.3 Å². The molecule has 0 spiro atoms. The molecule has 0 saturated heterocycles. The van der Waals surface area contributed by atoms with Gasteiger partial charge in [-0.25, -0.2) is 4.79 Å². The quantitative estimate of drug-likeness (QED) is 0.448. The summed E-state index contributed by atoms with van der Waals surface area (Å²) in [6.07, 6.45) is 3.14. The highest BCUT2D eigenvalue weighted by molar-refractivity contribution is 7.16. The van der Waals surface area contributed by atoms with Gasteiger partial charge in [-0.05, 0) is 48.9 Å². The number of thiophene rings is 1. The summed E-state index contributed by atoms with van der Waals surface area (Å²) in [5.74, 6) is 0.588. The predicted molar refractivity (Wildman–Crippen MR) is 141 cm³/mol. The summed E-state index contributed by atoms with van der Waals surface area (Å²) in [6, 6.07) is 9.93. The maximum absolute atomic E-state index is 12.8. The van der Waals surface area contributed by atoms with Gasteiger partial charge >= 0.3 is 6.09 Å². The SMILES string of the molecule is COc1cccc(C(C)CC(=O)Nc2sc3c(c2C#N)CCC(OC(=O)NCc2cn(C)nc2C)C3)c1. The molecule has 1 aliphatic carbocycles. The second kappa shape index (κ2) is 11.5. The number of nitrogens with zero attached hydrogens (tertiary/aromatic N) is 3. The minimum atomic E-state index is -0.478. The van der Waals surface area contributed by atoms with Crippen molar-refractivity contribution >= 4 is 28.3 Å². The number of methoxy groups -OCH3 is 1. The molecule has 10 heteroatoms. The van der Waals surface area contributed by atoms with Crippen LogP contribution in [-0.4, -0.2) is 35.0 Å². The average molecular weight is 522 g/mol. The highest BCUT2D eigenvalue weighted by Gasteiger charge is 2.28. The third-order valence-corrected chi connectivity index (χ3v) is 7.72. The molecule has 194 valence electrons. The molecule has 0 bridgehead atoms. The molecule has 0 radical (unpaired) electrons. The van der Waals surface area contributed by atoms with Gasteiger partial charge in [0.05, 0.1) is 18.4 Å². The first-order valence-electron chi connectivity index (χ1n) is 12.2. The van der Waals surface area contributed by atoms with E-state index in [2.05, 4.69) is 21.8 Å². The van der Waals surface area contributed by atoms with Gasteiger partial charge in [0.1, 0.15) is 22.9 Å². The van der Waals surface area contributed by atoms with E-state index in [-0.39, 0.29) is 24.3 Å². The normalized spacial score (nSPS) is 15.3. The average Bonchev–Trinajstić information content (AvgIpc) is 3.39. The van der Waals surface area contributed by atoms with Crippen molar-refractivity contribution in [3.8, 4) is 11.8 Å². The molecule has 2 amide bonds. The number of carbonyl (C=O) groups is 2. The van der Waals surface area contributed by atoms with Crippen LogP contribution in [0, 0.1) is 18.3 Å². The molecule has 1 aromatic carbocycles. The fourth-order valence-electron chi connectivity index (χ4n) is 4.57. The first-order valence-corrected chi connectivity index (χ1v) is 13.0. The van der Waals surface area contributed by atoms with Gasteiger partial charge in [-0.1, -0.05) is 19.1 Å². The minimum Gasteiger partial charge on any atom is -0.497 e. The van der Waals surface area contributed by atoms with Crippen LogP contribution in [0.15, 0.2) is 30.5 Å². The van der Waals surface area contributed by atoms with Crippen molar-refractivity contribution in [1.82, 2.24) is 15.1 Å². The van der Waals surface area contributed by atoms with Crippen LogP contribution in [-0.2, 0) is 36.0 Å². The van der Waals surface area contributed by atoms with E-state index in [0.29, 0.717) is 36.4 Å². The number of carbonyl (C=O) groups excluding carboxylic acids is 2. The number of anilines is 1. The number of hydrogen-bond donors (Lipinski definition) is 2. The lowest BCUT2D eigenvalue weighted by Crippen LogP contribution is -2.31. The van der Waals surface area contributed by atoms with Crippen molar-refractivity contribution in [2.75, 3.05) is 12.4 Å². The molecule has 2 heterocycles. The number of fused-ring (bicyclic) bond motifs is 1. The lowest BCUT2D eigenvalue weighted by atomic mass is 9.93. The molecule has 1 aliphatic rings. The molecule has 2 atom stereocenters. The number of aryl methyl sites for hydroxylation is 2. The Morgan fingerprint density at radius 2 is 2.19 bits per heavy atom. The summed E-state index contributed by atoms with van der Waals surface area (Å²) in [5.41, 5.74) is 4.26. The Balaban J connectivity index is 1.35. The molecule has 0 fully saturated rings. The van der Waals surface area contributed by atoms with E-state index >= 15 is 0 Å². The Labute approximate surface area is 220 Å². The van der Waals surface area contributed by atoms with Crippen molar-refractivity contribution < 1.29 is 19.1 Å². The third kappa shape index (κ3) is 6.30. The van der Waals surface area contributed by atoms with E-state index in [9.17, 15) is 14.9 Å². The maximum atomic E-state index is 12.8. The Bertz CT molecular complexity index is 1340. The number of ether oxygens (including phenoxy) is 2. The lowest BCUT2D eigenvalue weighted by Gasteiger charge is -2.22. The smallest absolute Gasteiger partial charge is 0.407 e. The van der Waals surface area contributed by atoms with Crippen molar-refractivity contribution in [3.63, 3.8) is 0 Å². The molecule has 0 aliphatic heterocycles. The number of nitriles is 1. The zero-order valence-corrected chi connectivity index (χ0v) is 22.3. The zero-order chi connectivity index (χ0) is 26.5. The molecule has 9 nitrogen and oxygen atoms in total. The fourth-order valence-corrected chi connectivity index (χ4v) is 5.85. The van der Waals surface area contributed by atoms with E-state index in [1.807, 2.05) is 51.4 Å². The molecule has 2 N–H and O–H groups in total. The van der Waals surface area contributed by atoms with E-state index in [0.717, 1.165) is 33.0 Å². The molecular weight excluding hydrogens is 490 g/mol. The summed E-state index contributed by atoms with van der Waals surface area (Å²) in [6.45, 7) is 4.23. The van der Waals surface area contributed by atoms with Crippen LogP contribution < -0.4 is 15.4 Å². The number of amides is 2. The molecule has 0 saturated carbocycles. The first-order chi connectivity index (χ1) is 17.8. The van der Waals surface area contributed by atoms with Crippen molar-refractivity contribution in [2.45, 2.75) is 58.1 Å².